The Labute approximate surface area is 134 Å². The van der Waals surface area contributed by atoms with Gasteiger partial charge in [-0.05, 0) is 48.2 Å². The first-order chi connectivity index (χ1) is 11.4. The number of hydrogen-bond acceptors (Lipinski definition) is 5. The highest BCUT2D eigenvalue weighted by Crippen LogP contribution is 2.41. The lowest BCUT2D eigenvalue weighted by Crippen LogP contribution is -2.17. The van der Waals surface area contributed by atoms with Crippen molar-refractivity contribution >= 4 is 0 Å². The summed E-state index contributed by atoms with van der Waals surface area (Å²) in [5, 5.41) is 3.71. The Bertz CT molecular complexity index is 697. The minimum Gasteiger partial charge on any atom is -0.454 e. The summed E-state index contributed by atoms with van der Waals surface area (Å²) in [6.07, 6.45) is 2.19. The van der Waals surface area contributed by atoms with Gasteiger partial charge in [0.1, 0.15) is 0 Å². The van der Waals surface area contributed by atoms with E-state index < -0.39 is 0 Å². The largest absolute Gasteiger partial charge is 0.454 e. The summed E-state index contributed by atoms with van der Waals surface area (Å²) in [5.41, 5.74) is 2.50. The van der Waals surface area contributed by atoms with E-state index in [1.165, 1.54) is 11.1 Å². The monoisotopic (exact) mass is 311 g/mol. The first-order valence-corrected chi connectivity index (χ1v) is 7.92. The standard InChI is InChI=1S/C18H17NO4/c1-5-15-17(22-9-20-15)7-11(1)13-3-4-14(19-13)12-2-6-16-18(8-12)23-10-21-16/h1-2,5-8,13-14,19H,3-4,9-10H2. The van der Waals surface area contributed by atoms with E-state index in [0.717, 1.165) is 35.8 Å². The molecule has 2 atom stereocenters. The first-order valence-electron chi connectivity index (χ1n) is 7.92. The molecule has 0 amide bonds. The van der Waals surface area contributed by atoms with Crippen LogP contribution in [0.4, 0.5) is 0 Å². The van der Waals surface area contributed by atoms with Crippen molar-refractivity contribution < 1.29 is 18.9 Å². The fourth-order valence-corrected chi connectivity index (χ4v) is 3.53. The quantitative estimate of drug-likeness (QED) is 0.922. The number of nitrogens with one attached hydrogen (secondary N) is 1. The number of fused-ring (bicyclic) bond motifs is 2. The summed E-state index contributed by atoms with van der Waals surface area (Å²) in [7, 11) is 0. The summed E-state index contributed by atoms with van der Waals surface area (Å²) >= 11 is 0. The minimum atomic E-state index is 0.316. The molecule has 2 aromatic rings. The van der Waals surface area contributed by atoms with Crippen molar-refractivity contribution in [2.75, 3.05) is 13.6 Å². The second-order valence-corrected chi connectivity index (χ2v) is 6.07. The summed E-state index contributed by atoms with van der Waals surface area (Å²) in [4.78, 5) is 0. The molecular weight excluding hydrogens is 294 g/mol. The van der Waals surface area contributed by atoms with E-state index in [-0.39, 0.29) is 0 Å². The molecule has 118 valence electrons. The molecule has 1 fully saturated rings. The molecule has 2 unspecified atom stereocenters. The smallest absolute Gasteiger partial charge is 0.231 e. The lowest BCUT2D eigenvalue weighted by molar-refractivity contribution is 0.173. The topological polar surface area (TPSA) is 49.0 Å². The molecule has 5 heteroatoms. The van der Waals surface area contributed by atoms with Crippen molar-refractivity contribution in [3.05, 3.63) is 47.5 Å². The van der Waals surface area contributed by atoms with Crippen molar-refractivity contribution in [3.63, 3.8) is 0 Å². The van der Waals surface area contributed by atoms with Gasteiger partial charge in [0.2, 0.25) is 13.6 Å². The molecule has 1 N–H and O–H groups in total. The predicted molar refractivity (Wildman–Crippen MR) is 83.0 cm³/mol. The van der Waals surface area contributed by atoms with Crippen LogP contribution in [0.5, 0.6) is 23.0 Å². The van der Waals surface area contributed by atoms with Gasteiger partial charge in [0.05, 0.1) is 0 Å². The third kappa shape index (κ3) is 2.19. The fourth-order valence-electron chi connectivity index (χ4n) is 3.53. The molecule has 0 aromatic heterocycles. The van der Waals surface area contributed by atoms with Crippen LogP contribution in [0, 0.1) is 0 Å². The van der Waals surface area contributed by atoms with Crippen LogP contribution in [0.2, 0.25) is 0 Å². The average molecular weight is 311 g/mol. The Balaban J connectivity index is 1.36. The molecule has 0 saturated carbocycles. The van der Waals surface area contributed by atoms with Gasteiger partial charge in [-0.15, -0.1) is 0 Å². The number of benzene rings is 2. The van der Waals surface area contributed by atoms with Gasteiger partial charge in [-0.2, -0.15) is 0 Å². The Morgan fingerprint density at radius 2 is 1.13 bits per heavy atom. The second kappa shape index (κ2) is 5.06. The maximum Gasteiger partial charge on any atom is 0.231 e. The Morgan fingerprint density at radius 3 is 1.65 bits per heavy atom. The van der Waals surface area contributed by atoms with E-state index in [1.54, 1.807) is 0 Å². The van der Waals surface area contributed by atoms with Gasteiger partial charge < -0.3 is 24.3 Å². The van der Waals surface area contributed by atoms with E-state index >= 15 is 0 Å². The SMILES string of the molecule is c1cc2c(cc1C1CCC(c3ccc4c(c3)OCO4)N1)OCO2. The van der Waals surface area contributed by atoms with Crippen LogP contribution < -0.4 is 24.3 Å². The molecule has 0 radical (unpaired) electrons. The lowest BCUT2D eigenvalue weighted by Gasteiger charge is -2.16. The molecule has 2 aromatic carbocycles. The third-order valence-electron chi connectivity index (χ3n) is 4.74. The van der Waals surface area contributed by atoms with Crippen molar-refractivity contribution in [1.29, 1.82) is 0 Å². The summed E-state index contributed by atoms with van der Waals surface area (Å²) in [5.74, 6) is 3.35. The Kier molecular flexibility index (Phi) is 2.88. The molecule has 0 aliphatic carbocycles. The predicted octanol–water partition coefficient (Wildman–Crippen LogP) is 3.31. The number of rotatable bonds is 2. The highest BCUT2D eigenvalue weighted by Gasteiger charge is 2.28. The highest BCUT2D eigenvalue weighted by molar-refractivity contribution is 5.47. The zero-order valence-corrected chi connectivity index (χ0v) is 12.6. The molecule has 3 aliphatic heterocycles. The number of ether oxygens (including phenoxy) is 4. The van der Waals surface area contributed by atoms with Gasteiger partial charge in [-0.25, -0.2) is 0 Å². The van der Waals surface area contributed by atoms with Gasteiger partial charge in [-0.1, -0.05) is 12.1 Å². The van der Waals surface area contributed by atoms with Crippen molar-refractivity contribution in [2.24, 2.45) is 0 Å². The summed E-state index contributed by atoms with van der Waals surface area (Å²) < 4.78 is 21.7. The number of hydrogen-bond donors (Lipinski definition) is 1. The Hall–Kier alpha value is -2.40. The molecule has 3 heterocycles. The molecule has 5 rings (SSSR count). The molecule has 23 heavy (non-hydrogen) atoms. The fraction of sp³-hybridized carbons (Fsp3) is 0.333. The van der Waals surface area contributed by atoms with E-state index in [1.807, 2.05) is 12.1 Å². The van der Waals surface area contributed by atoms with Crippen molar-refractivity contribution in [2.45, 2.75) is 24.9 Å². The first kappa shape index (κ1) is 13.1. The van der Waals surface area contributed by atoms with Crippen LogP contribution in [0.3, 0.4) is 0 Å². The normalized spacial score (nSPS) is 24.2. The van der Waals surface area contributed by atoms with E-state index in [0.29, 0.717) is 25.7 Å². The maximum absolute atomic E-state index is 5.48. The van der Waals surface area contributed by atoms with Gasteiger partial charge in [0.25, 0.3) is 0 Å². The van der Waals surface area contributed by atoms with Crippen molar-refractivity contribution in [1.82, 2.24) is 5.32 Å². The maximum atomic E-state index is 5.48. The molecule has 5 nitrogen and oxygen atoms in total. The van der Waals surface area contributed by atoms with Gasteiger partial charge in [-0.3, -0.25) is 0 Å². The van der Waals surface area contributed by atoms with Crippen LogP contribution in [0.25, 0.3) is 0 Å². The van der Waals surface area contributed by atoms with Crippen LogP contribution in [0.15, 0.2) is 36.4 Å². The zero-order valence-electron chi connectivity index (χ0n) is 12.6. The summed E-state index contributed by atoms with van der Waals surface area (Å²) in [6.45, 7) is 0.632. The lowest BCUT2D eigenvalue weighted by atomic mass is 10.0. The van der Waals surface area contributed by atoms with Crippen LogP contribution in [0.1, 0.15) is 36.1 Å². The summed E-state index contributed by atoms with van der Waals surface area (Å²) in [6, 6.07) is 13.1. The third-order valence-corrected chi connectivity index (χ3v) is 4.74. The van der Waals surface area contributed by atoms with Gasteiger partial charge in [0, 0.05) is 12.1 Å². The molecule has 1 saturated heterocycles. The molecule has 0 spiro atoms. The zero-order chi connectivity index (χ0) is 15.2. The van der Waals surface area contributed by atoms with E-state index in [4.69, 9.17) is 18.9 Å². The molecule has 3 aliphatic rings. The van der Waals surface area contributed by atoms with E-state index in [9.17, 15) is 0 Å². The van der Waals surface area contributed by atoms with Crippen molar-refractivity contribution in [3.8, 4) is 23.0 Å². The van der Waals surface area contributed by atoms with Gasteiger partial charge in [0.15, 0.2) is 23.0 Å². The van der Waals surface area contributed by atoms with Gasteiger partial charge >= 0.3 is 0 Å². The van der Waals surface area contributed by atoms with Crippen LogP contribution >= 0.6 is 0 Å². The second-order valence-electron chi connectivity index (χ2n) is 6.07. The molecule has 0 bridgehead atoms. The Morgan fingerprint density at radius 1 is 0.652 bits per heavy atom. The van der Waals surface area contributed by atoms with Crippen LogP contribution in [-0.2, 0) is 0 Å². The minimum absolute atomic E-state index is 0.316. The van der Waals surface area contributed by atoms with E-state index in [2.05, 4.69) is 29.6 Å². The molecular formula is C18H17NO4. The average Bonchev–Trinajstić information content (AvgIpc) is 3.32. The highest BCUT2D eigenvalue weighted by atomic mass is 16.7. The van der Waals surface area contributed by atoms with Crippen LogP contribution in [-0.4, -0.2) is 13.6 Å².